The molecule has 3 aliphatic rings. The maximum Gasteiger partial charge on any atom is 0.326 e. The molecule has 1 amide bonds. The predicted molar refractivity (Wildman–Crippen MR) is 70.3 cm³/mol. The molecule has 4 nitrogen and oxygen atoms in total. The van der Waals surface area contributed by atoms with E-state index in [1.54, 1.807) is 0 Å². The number of hydrogen-bond acceptors (Lipinski definition) is 2. The molecule has 0 spiro atoms. The summed E-state index contributed by atoms with van der Waals surface area (Å²) in [4.78, 5) is 23.4. The maximum absolute atomic E-state index is 12.3. The fourth-order valence-corrected chi connectivity index (χ4v) is 4.64. The molecule has 0 radical (unpaired) electrons. The highest BCUT2D eigenvalue weighted by Crippen LogP contribution is 2.69. The van der Waals surface area contributed by atoms with Crippen LogP contribution >= 0.6 is 0 Å². The van der Waals surface area contributed by atoms with Crippen LogP contribution in [0.2, 0.25) is 0 Å². The molecule has 4 unspecified atom stereocenters. The topological polar surface area (TPSA) is 66.4 Å². The molecule has 3 fully saturated rings. The lowest BCUT2D eigenvalue weighted by Gasteiger charge is -2.17. The quantitative estimate of drug-likeness (QED) is 0.797. The normalized spacial score (nSPS) is 40.1. The Kier molecular flexibility index (Phi) is 3.06. The molecule has 0 aliphatic heterocycles. The summed E-state index contributed by atoms with van der Waals surface area (Å²) in [5, 5.41) is 11.9. The van der Waals surface area contributed by atoms with Crippen LogP contribution in [0.25, 0.3) is 0 Å². The Balaban J connectivity index is 1.58. The van der Waals surface area contributed by atoms with Crippen LogP contribution in [0.5, 0.6) is 0 Å². The van der Waals surface area contributed by atoms with E-state index >= 15 is 0 Å². The van der Waals surface area contributed by atoms with Crippen molar-refractivity contribution in [2.75, 3.05) is 0 Å². The first kappa shape index (κ1) is 12.9. The zero-order valence-corrected chi connectivity index (χ0v) is 11.6. The van der Waals surface area contributed by atoms with Gasteiger partial charge in [-0.3, -0.25) is 4.79 Å². The van der Waals surface area contributed by atoms with E-state index in [1.807, 2.05) is 13.8 Å². The van der Waals surface area contributed by atoms with Crippen LogP contribution in [-0.4, -0.2) is 23.0 Å². The monoisotopic (exact) mass is 265 g/mol. The van der Waals surface area contributed by atoms with E-state index in [2.05, 4.69) is 5.32 Å². The van der Waals surface area contributed by atoms with E-state index in [-0.39, 0.29) is 17.7 Å². The number of hydrogen-bond donors (Lipinski definition) is 2. The van der Waals surface area contributed by atoms with Crippen molar-refractivity contribution in [3.8, 4) is 0 Å². The maximum atomic E-state index is 12.3. The van der Waals surface area contributed by atoms with Crippen molar-refractivity contribution in [1.82, 2.24) is 5.32 Å². The van der Waals surface area contributed by atoms with Gasteiger partial charge in [-0.2, -0.15) is 0 Å². The third-order valence-electron chi connectivity index (χ3n) is 5.36. The number of aliphatic carboxylic acids is 1. The Morgan fingerprint density at radius 3 is 2.26 bits per heavy atom. The molecule has 3 saturated carbocycles. The molecule has 0 aromatic rings. The second kappa shape index (κ2) is 4.50. The van der Waals surface area contributed by atoms with Gasteiger partial charge in [0.2, 0.25) is 5.91 Å². The number of nitrogens with one attached hydrogen (secondary N) is 1. The fourth-order valence-electron chi connectivity index (χ4n) is 4.64. The van der Waals surface area contributed by atoms with Crippen LogP contribution in [0, 0.1) is 35.5 Å². The van der Waals surface area contributed by atoms with Gasteiger partial charge in [-0.1, -0.05) is 13.8 Å². The summed E-state index contributed by atoms with van der Waals surface area (Å²) in [6.07, 6.45) is 4.39. The highest BCUT2D eigenvalue weighted by atomic mass is 16.4. The largest absolute Gasteiger partial charge is 0.480 e. The van der Waals surface area contributed by atoms with Crippen molar-refractivity contribution in [1.29, 1.82) is 0 Å². The van der Waals surface area contributed by atoms with Gasteiger partial charge in [0, 0.05) is 5.92 Å². The molecule has 3 aliphatic carbocycles. The van der Waals surface area contributed by atoms with Crippen molar-refractivity contribution in [2.24, 2.45) is 35.5 Å². The van der Waals surface area contributed by atoms with Crippen molar-refractivity contribution in [3.05, 3.63) is 0 Å². The molecule has 2 N–H and O–H groups in total. The standard InChI is InChI=1S/C15H23NO3/c1-7(2)5-10(15(18)19)16-14(17)13-11-8-3-4-9(6-8)12(11)13/h7-13H,3-6H2,1-2H3,(H,16,17)(H,18,19)/t8?,9?,10-,11?,12?,13?/m0/s1. The van der Waals surface area contributed by atoms with E-state index < -0.39 is 12.0 Å². The smallest absolute Gasteiger partial charge is 0.326 e. The highest BCUT2D eigenvalue weighted by molar-refractivity contribution is 5.87. The highest BCUT2D eigenvalue weighted by Gasteiger charge is 2.67. The van der Waals surface area contributed by atoms with Crippen LogP contribution in [0.15, 0.2) is 0 Å². The molecule has 3 rings (SSSR count). The number of amides is 1. The van der Waals surface area contributed by atoms with E-state index in [9.17, 15) is 14.7 Å². The molecule has 0 saturated heterocycles. The lowest BCUT2D eigenvalue weighted by Crippen LogP contribution is -2.43. The summed E-state index contributed by atoms with van der Waals surface area (Å²) >= 11 is 0. The first-order valence-corrected chi connectivity index (χ1v) is 7.52. The SMILES string of the molecule is CC(C)C[C@H](NC(=O)C1C2C3CCC(C3)C12)C(=O)O. The Bertz CT molecular complexity index is 390. The minimum atomic E-state index is -0.907. The van der Waals surface area contributed by atoms with Crippen LogP contribution in [0.1, 0.15) is 39.5 Å². The molecule has 4 heteroatoms. The van der Waals surface area contributed by atoms with Gasteiger partial charge in [0.05, 0.1) is 0 Å². The van der Waals surface area contributed by atoms with Crippen LogP contribution < -0.4 is 5.32 Å². The minimum Gasteiger partial charge on any atom is -0.480 e. The third kappa shape index (κ3) is 2.15. The molecule has 0 aromatic heterocycles. The number of rotatable bonds is 5. The van der Waals surface area contributed by atoms with Gasteiger partial charge in [0.15, 0.2) is 0 Å². The van der Waals surface area contributed by atoms with E-state index in [4.69, 9.17) is 0 Å². The summed E-state index contributed by atoms with van der Waals surface area (Å²) in [5.41, 5.74) is 0. The number of carbonyl (C=O) groups is 2. The lowest BCUT2D eigenvalue weighted by atomic mass is 10.0. The molecule has 0 aromatic carbocycles. The molecule has 0 heterocycles. The van der Waals surface area contributed by atoms with Gasteiger partial charge in [-0.25, -0.2) is 4.79 Å². The van der Waals surface area contributed by atoms with Gasteiger partial charge in [-0.05, 0) is 55.3 Å². The second-order valence-corrected chi connectivity index (χ2v) is 7.04. The Morgan fingerprint density at radius 2 is 1.79 bits per heavy atom. The van der Waals surface area contributed by atoms with Crippen LogP contribution in [-0.2, 0) is 9.59 Å². The zero-order chi connectivity index (χ0) is 13.7. The number of carboxylic acid groups (broad SMARTS) is 1. The van der Waals surface area contributed by atoms with Crippen molar-refractivity contribution in [2.45, 2.75) is 45.6 Å². The summed E-state index contributed by atoms with van der Waals surface area (Å²) in [5.74, 6) is 2.14. The third-order valence-corrected chi connectivity index (χ3v) is 5.36. The molecule has 106 valence electrons. The average Bonchev–Trinajstić information content (AvgIpc) is 2.77. The fraction of sp³-hybridized carbons (Fsp3) is 0.867. The average molecular weight is 265 g/mol. The van der Waals surface area contributed by atoms with Gasteiger partial charge in [0.1, 0.15) is 6.04 Å². The van der Waals surface area contributed by atoms with Crippen LogP contribution in [0.4, 0.5) is 0 Å². The molecular formula is C15H23NO3. The lowest BCUT2D eigenvalue weighted by molar-refractivity contribution is -0.142. The van der Waals surface area contributed by atoms with E-state index in [0.29, 0.717) is 18.3 Å². The van der Waals surface area contributed by atoms with E-state index in [1.165, 1.54) is 19.3 Å². The van der Waals surface area contributed by atoms with Crippen LogP contribution in [0.3, 0.4) is 0 Å². The summed E-state index contributed by atoms with van der Waals surface area (Å²) in [6.45, 7) is 3.96. The first-order chi connectivity index (χ1) is 8.99. The van der Waals surface area contributed by atoms with Crippen molar-refractivity contribution in [3.63, 3.8) is 0 Å². The molecule has 19 heavy (non-hydrogen) atoms. The molecule has 2 bridgehead atoms. The number of carbonyl (C=O) groups excluding carboxylic acids is 1. The van der Waals surface area contributed by atoms with Gasteiger partial charge >= 0.3 is 5.97 Å². The number of carboxylic acids is 1. The zero-order valence-electron chi connectivity index (χ0n) is 11.6. The Hall–Kier alpha value is -1.06. The van der Waals surface area contributed by atoms with Crippen molar-refractivity contribution >= 4 is 11.9 Å². The minimum absolute atomic E-state index is 0.000324. The summed E-state index contributed by atoms with van der Waals surface area (Å²) in [7, 11) is 0. The van der Waals surface area contributed by atoms with Gasteiger partial charge in [0.25, 0.3) is 0 Å². The summed E-state index contributed by atoms with van der Waals surface area (Å²) < 4.78 is 0. The molecule has 5 atom stereocenters. The summed E-state index contributed by atoms with van der Waals surface area (Å²) in [6, 6.07) is -0.716. The van der Waals surface area contributed by atoms with E-state index in [0.717, 1.165) is 11.8 Å². The predicted octanol–water partition coefficient (Wildman–Crippen LogP) is 1.89. The van der Waals surface area contributed by atoms with Gasteiger partial charge in [-0.15, -0.1) is 0 Å². The Labute approximate surface area is 113 Å². The van der Waals surface area contributed by atoms with Crippen molar-refractivity contribution < 1.29 is 14.7 Å². The van der Waals surface area contributed by atoms with Gasteiger partial charge < -0.3 is 10.4 Å². The molecular weight excluding hydrogens is 242 g/mol. The Morgan fingerprint density at radius 1 is 1.21 bits per heavy atom. The second-order valence-electron chi connectivity index (χ2n) is 7.04. The number of fused-ring (bicyclic) bond motifs is 5. The first-order valence-electron chi connectivity index (χ1n) is 7.52.